The zero-order valence-electron chi connectivity index (χ0n) is 12.5. The van der Waals surface area contributed by atoms with Crippen molar-refractivity contribution in [3.8, 4) is 0 Å². The number of hydrogen-bond donors (Lipinski definition) is 0. The van der Waals surface area contributed by atoms with Crippen LogP contribution in [0.2, 0.25) is 0 Å². The third kappa shape index (κ3) is 1.68. The van der Waals surface area contributed by atoms with Crippen molar-refractivity contribution in [2.75, 3.05) is 0 Å². The Balaban J connectivity index is 1.70. The van der Waals surface area contributed by atoms with Gasteiger partial charge in [0.05, 0.1) is 24.0 Å². The number of amides is 2. The molecule has 1 aromatic carbocycles. The van der Waals surface area contributed by atoms with Crippen LogP contribution in [0.4, 0.5) is 0 Å². The second-order valence-electron chi connectivity index (χ2n) is 6.20. The van der Waals surface area contributed by atoms with Crippen LogP contribution in [-0.2, 0) is 35.0 Å². The zero-order chi connectivity index (χ0) is 15.3. The molecule has 4 rings (SSSR count). The molecule has 112 valence electrons. The highest BCUT2D eigenvalue weighted by atomic mass is 16.2. The summed E-state index contributed by atoms with van der Waals surface area (Å²) in [6.07, 6.45) is 5.28. The van der Waals surface area contributed by atoms with Gasteiger partial charge in [0.2, 0.25) is 11.8 Å². The van der Waals surface area contributed by atoms with Crippen molar-refractivity contribution < 1.29 is 9.59 Å². The van der Waals surface area contributed by atoms with E-state index in [-0.39, 0.29) is 11.8 Å². The molecule has 0 unspecified atom stereocenters. The molecule has 1 saturated heterocycles. The second kappa shape index (κ2) is 4.53. The second-order valence-corrected chi connectivity index (χ2v) is 6.20. The summed E-state index contributed by atoms with van der Waals surface area (Å²) in [5.74, 6) is -0.133. The van der Waals surface area contributed by atoms with E-state index in [9.17, 15) is 9.59 Å². The fraction of sp³-hybridized carbons (Fsp3) is 0.353. The lowest BCUT2D eigenvalue weighted by molar-refractivity contribution is -0.140. The zero-order valence-corrected chi connectivity index (χ0v) is 12.5. The number of likely N-dealkylation sites (tertiary alicyclic amines) is 1. The summed E-state index contributed by atoms with van der Waals surface area (Å²) in [6.45, 7) is 0.304. The lowest BCUT2D eigenvalue weighted by Gasteiger charge is -2.22. The molecule has 0 N–H and O–H groups in total. The van der Waals surface area contributed by atoms with Crippen LogP contribution in [0.15, 0.2) is 36.8 Å². The first kappa shape index (κ1) is 13.2. The molecule has 1 spiro atoms. The molecule has 2 aliphatic rings. The molecule has 5 heteroatoms. The third-order valence-electron chi connectivity index (χ3n) is 5.00. The largest absolute Gasteiger partial charge is 0.336 e. The Bertz CT molecular complexity index is 780. The molecule has 1 aliphatic heterocycles. The lowest BCUT2D eigenvalue weighted by Crippen LogP contribution is -2.37. The normalized spacial score (nSPS) is 23.6. The molecule has 0 radical (unpaired) electrons. The topological polar surface area (TPSA) is 55.2 Å². The predicted octanol–water partition coefficient (Wildman–Crippen LogP) is 1.56. The average molecular weight is 295 g/mol. The van der Waals surface area contributed by atoms with Crippen LogP contribution < -0.4 is 0 Å². The number of fused-ring (bicyclic) bond motifs is 2. The van der Waals surface area contributed by atoms with Gasteiger partial charge in [0.1, 0.15) is 0 Å². The van der Waals surface area contributed by atoms with Crippen molar-refractivity contribution in [2.24, 2.45) is 7.05 Å². The standard InChI is InChI=1S/C17H17N3O2/c1-19-11-18-9-13(19)10-20-15(21)8-17(16(20)22)7-6-12-4-2-3-5-14(12)17/h2-5,9,11H,6-8,10H2,1H3/t17-/m0/s1. The molecule has 2 heterocycles. The summed E-state index contributed by atoms with van der Waals surface area (Å²) in [6, 6.07) is 8.01. The maximum atomic E-state index is 13.0. The number of imide groups is 1. The van der Waals surface area contributed by atoms with E-state index in [1.165, 1.54) is 10.5 Å². The van der Waals surface area contributed by atoms with Gasteiger partial charge in [0.15, 0.2) is 0 Å². The molecule has 1 fully saturated rings. The first-order valence-corrected chi connectivity index (χ1v) is 7.50. The highest BCUT2D eigenvalue weighted by molar-refractivity contribution is 6.09. The quantitative estimate of drug-likeness (QED) is 0.790. The molecule has 2 amide bonds. The van der Waals surface area contributed by atoms with Crippen molar-refractivity contribution in [2.45, 2.75) is 31.2 Å². The van der Waals surface area contributed by atoms with E-state index in [2.05, 4.69) is 11.1 Å². The Morgan fingerprint density at radius 1 is 1.27 bits per heavy atom. The van der Waals surface area contributed by atoms with Gasteiger partial charge in [-0.15, -0.1) is 0 Å². The minimum atomic E-state index is -0.633. The Morgan fingerprint density at radius 3 is 2.86 bits per heavy atom. The number of carbonyl (C=O) groups excluding carboxylic acids is 2. The van der Waals surface area contributed by atoms with E-state index < -0.39 is 5.41 Å². The lowest BCUT2D eigenvalue weighted by atomic mass is 9.80. The number of rotatable bonds is 2. The number of nitrogens with zero attached hydrogens (tertiary/aromatic N) is 3. The number of aromatic nitrogens is 2. The fourth-order valence-corrected chi connectivity index (χ4v) is 3.75. The predicted molar refractivity (Wildman–Crippen MR) is 79.8 cm³/mol. The number of imidazole rings is 1. The van der Waals surface area contributed by atoms with Crippen molar-refractivity contribution in [3.63, 3.8) is 0 Å². The maximum Gasteiger partial charge on any atom is 0.240 e. The molecule has 1 aromatic heterocycles. The number of benzene rings is 1. The van der Waals surface area contributed by atoms with E-state index >= 15 is 0 Å². The van der Waals surface area contributed by atoms with Crippen LogP contribution in [0.25, 0.3) is 0 Å². The van der Waals surface area contributed by atoms with Gasteiger partial charge in [0, 0.05) is 19.7 Å². The van der Waals surface area contributed by atoms with Gasteiger partial charge in [-0.2, -0.15) is 0 Å². The first-order valence-electron chi connectivity index (χ1n) is 7.50. The van der Waals surface area contributed by atoms with E-state index in [0.29, 0.717) is 13.0 Å². The monoisotopic (exact) mass is 295 g/mol. The van der Waals surface area contributed by atoms with E-state index in [0.717, 1.165) is 24.1 Å². The summed E-state index contributed by atoms with van der Waals surface area (Å²) < 4.78 is 1.84. The molecule has 5 nitrogen and oxygen atoms in total. The van der Waals surface area contributed by atoms with Gasteiger partial charge >= 0.3 is 0 Å². The molecule has 1 atom stereocenters. The minimum absolute atomic E-state index is 0.0522. The smallest absolute Gasteiger partial charge is 0.240 e. The molecular weight excluding hydrogens is 278 g/mol. The van der Waals surface area contributed by atoms with Gasteiger partial charge in [-0.05, 0) is 24.0 Å². The van der Waals surface area contributed by atoms with Crippen molar-refractivity contribution in [1.82, 2.24) is 14.5 Å². The Morgan fingerprint density at radius 2 is 2.09 bits per heavy atom. The summed E-state index contributed by atoms with van der Waals surface area (Å²) in [5, 5.41) is 0. The van der Waals surface area contributed by atoms with Crippen LogP contribution in [0.3, 0.4) is 0 Å². The minimum Gasteiger partial charge on any atom is -0.336 e. The van der Waals surface area contributed by atoms with E-state index in [1.807, 2.05) is 29.8 Å². The summed E-state index contributed by atoms with van der Waals surface area (Å²) in [5.41, 5.74) is 2.48. The highest BCUT2D eigenvalue weighted by Gasteiger charge is 2.55. The van der Waals surface area contributed by atoms with Gasteiger partial charge in [-0.25, -0.2) is 4.98 Å². The summed E-state index contributed by atoms with van der Waals surface area (Å²) >= 11 is 0. The van der Waals surface area contributed by atoms with Gasteiger partial charge < -0.3 is 4.57 Å². The average Bonchev–Trinajstić information content (AvgIpc) is 3.15. The molecule has 1 aliphatic carbocycles. The Kier molecular flexibility index (Phi) is 2.73. The van der Waals surface area contributed by atoms with Crippen LogP contribution >= 0.6 is 0 Å². The SMILES string of the molecule is Cn1cncc1CN1C(=O)C[C@]2(CCc3ccccc32)C1=O. The van der Waals surface area contributed by atoms with Crippen molar-refractivity contribution in [3.05, 3.63) is 53.6 Å². The van der Waals surface area contributed by atoms with E-state index in [1.54, 1.807) is 12.5 Å². The maximum absolute atomic E-state index is 13.0. The first-order chi connectivity index (χ1) is 10.6. The van der Waals surface area contributed by atoms with Crippen molar-refractivity contribution in [1.29, 1.82) is 0 Å². The molecular formula is C17H17N3O2. The highest BCUT2D eigenvalue weighted by Crippen LogP contribution is 2.47. The van der Waals surface area contributed by atoms with Crippen LogP contribution in [-0.4, -0.2) is 26.3 Å². The van der Waals surface area contributed by atoms with Crippen LogP contribution in [0, 0.1) is 0 Å². The number of aryl methyl sites for hydroxylation is 2. The molecule has 22 heavy (non-hydrogen) atoms. The summed E-state index contributed by atoms with van der Waals surface area (Å²) in [4.78, 5) is 30.9. The Hall–Kier alpha value is -2.43. The summed E-state index contributed by atoms with van der Waals surface area (Å²) in [7, 11) is 1.87. The van der Waals surface area contributed by atoms with E-state index in [4.69, 9.17) is 0 Å². The van der Waals surface area contributed by atoms with Gasteiger partial charge in [-0.1, -0.05) is 24.3 Å². The molecule has 2 aromatic rings. The number of carbonyl (C=O) groups is 2. The fourth-order valence-electron chi connectivity index (χ4n) is 3.75. The molecule has 0 bridgehead atoms. The van der Waals surface area contributed by atoms with Gasteiger partial charge in [-0.3, -0.25) is 14.5 Å². The van der Waals surface area contributed by atoms with Gasteiger partial charge in [0.25, 0.3) is 0 Å². The number of hydrogen-bond acceptors (Lipinski definition) is 3. The van der Waals surface area contributed by atoms with Crippen LogP contribution in [0.1, 0.15) is 29.7 Å². The Labute approximate surface area is 128 Å². The van der Waals surface area contributed by atoms with Crippen molar-refractivity contribution >= 4 is 11.8 Å². The molecule has 0 saturated carbocycles. The third-order valence-corrected chi connectivity index (χ3v) is 5.00. The van der Waals surface area contributed by atoms with Crippen LogP contribution in [0.5, 0.6) is 0 Å².